The number of benzene rings is 3. The van der Waals surface area contributed by atoms with Crippen molar-refractivity contribution < 1.29 is 4.57 Å². The standard InChI is InChI=1S/C24H23N2/c1-15(2)17-14-13-16(3)22-23(17)18-9-5-6-10-19(18)26-21-12-8-7-11-20(21)25(4)24(22)26/h5-15H,1-4H3/q+1. The third-order valence-corrected chi connectivity index (χ3v) is 5.72. The molecule has 0 bridgehead atoms. The maximum Gasteiger partial charge on any atom is 0.295 e. The Bertz CT molecular complexity index is 1320. The van der Waals surface area contributed by atoms with Crippen LogP contribution >= 0.6 is 0 Å². The number of rotatable bonds is 1. The van der Waals surface area contributed by atoms with E-state index in [1.807, 2.05) is 0 Å². The van der Waals surface area contributed by atoms with Gasteiger partial charge in [-0.05, 0) is 42.2 Å². The van der Waals surface area contributed by atoms with Crippen LogP contribution in [0.3, 0.4) is 0 Å². The van der Waals surface area contributed by atoms with Crippen LogP contribution in [0, 0.1) is 6.92 Å². The molecule has 128 valence electrons. The number of pyridine rings is 1. The summed E-state index contributed by atoms with van der Waals surface area (Å²) in [5, 5.41) is 4.11. The molecule has 3 aromatic carbocycles. The predicted molar refractivity (Wildman–Crippen MR) is 110 cm³/mol. The molecule has 26 heavy (non-hydrogen) atoms. The van der Waals surface area contributed by atoms with Crippen molar-refractivity contribution in [3.05, 3.63) is 71.8 Å². The molecule has 5 rings (SSSR count). The van der Waals surface area contributed by atoms with Gasteiger partial charge in [0.05, 0.1) is 12.4 Å². The Morgan fingerprint density at radius 3 is 2.27 bits per heavy atom. The topological polar surface area (TPSA) is 8.29 Å². The number of para-hydroxylation sites is 3. The average molecular weight is 339 g/mol. The fraction of sp³-hybridized carbons (Fsp3) is 0.208. The summed E-state index contributed by atoms with van der Waals surface area (Å²) in [6, 6.07) is 22.1. The molecule has 0 atom stereocenters. The zero-order chi connectivity index (χ0) is 18.0. The van der Waals surface area contributed by atoms with E-state index in [-0.39, 0.29) is 0 Å². The molecule has 0 fully saturated rings. The quantitative estimate of drug-likeness (QED) is 0.275. The third kappa shape index (κ3) is 1.84. The van der Waals surface area contributed by atoms with E-state index < -0.39 is 0 Å². The number of fused-ring (bicyclic) bond motifs is 8. The second-order valence-corrected chi connectivity index (χ2v) is 7.60. The highest BCUT2D eigenvalue weighted by Gasteiger charge is 2.25. The molecular formula is C24H23N2+. The van der Waals surface area contributed by atoms with Gasteiger partial charge >= 0.3 is 0 Å². The number of nitrogens with zero attached hydrogens (tertiary/aromatic N) is 2. The van der Waals surface area contributed by atoms with Crippen LogP contribution in [0.4, 0.5) is 0 Å². The van der Waals surface area contributed by atoms with E-state index >= 15 is 0 Å². The van der Waals surface area contributed by atoms with Crippen molar-refractivity contribution >= 4 is 38.4 Å². The molecule has 0 aliphatic heterocycles. The van der Waals surface area contributed by atoms with Crippen LogP contribution in [0.2, 0.25) is 0 Å². The second kappa shape index (κ2) is 5.31. The highest BCUT2D eigenvalue weighted by molar-refractivity contribution is 6.15. The van der Waals surface area contributed by atoms with Crippen molar-refractivity contribution in [3.63, 3.8) is 0 Å². The monoisotopic (exact) mass is 339 g/mol. The summed E-state index contributed by atoms with van der Waals surface area (Å²) >= 11 is 0. The molecule has 2 heteroatoms. The molecule has 0 aliphatic rings. The lowest BCUT2D eigenvalue weighted by Crippen LogP contribution is -2.27. The van der Waals surface area contributed by atoms with Crippen molar-refractivity contribution in [1.29, 1.82) is 0 Å². The number of aromatic nitrogens is 2. The van der Waals surface area contributed by atoms with E-state index in [9.17, 15) is 0 Å². The third-order valence-electron chi connectivity index (χ3n) is 5.72. The smallest absolute Gasteiger partial charge is 0.225 e. The minimum absolute atomic E-state index is 0.485. The van der Waals surface area contributed by atoms with Gasteiger partial charge in [0.1, 0.15) is 5.52 Å². The van der Waals surface area contributed by atoms with Crippen LogP contribution in [0.5, 0.6) is 0 Å². The summed E-state index contributed by atoms with van der Waals surface area (Å²) in [6.07, 6.45) is 0. The fourth-order valence-corrected chi connectivity index (χ4v) is 4.50. The molecule has 0 N–H and O–H groups in total. The first-order valence-electron chi connectivity index (χ1n) is 9.32. The molecule has 0 amide bonds. The van der Waals surface area contributed by atoms with Gasteiger partial charge in [0.15, 0.2) is 11.0 Å². The zero-order valence-electron chi connectivity index (χ0n) is 15.7. The van der Waals surface area contributed by atoms with E-state index in [0.29, 0.717) is 5.92 Å². The van der Waals surface area contributed by atoms with Crippen LogP contribution in [0.15, 0.2) is 60.7 Å². The fourth-order valence-electron chi connectivity index (χ4n) is 4.50. The summed E-state index contributed by atoms with van der Waals surface area (Å²) in [6.45, 7) is 6.81. The van der Waals surface area contributed by atoms with E-state index in [1.165, 1.54) is 49.5 Å². The first-order valence-corrected chi connectivity index (χ1v) is 9.32. The lowest BCUT2D eigenvalue weighted by Gasteiger charge is -2.14. The summed E-state index contributed by atoms with van der Waals surface area (Å²) in [7, 11) is 2.19. The van der Waals surface area contributed by atoms with Crippen molar-refractivity contribution in [1.82, 2.24) is 4.40 Å². The van der Waals surface area contributed by atoms with E-state index in [1.54, 1.807) is 0 Å². The number of aryl methyl sites for hydroxylation is 2. The van der Waals surface area contributed by atoms with Gasteiger partial charge in [0.25, 0.3) is 5.65 Å². The van der Waals surface area contributed by atoms with E-state index in [2.05, 4.69) is 97.5 Å². The Kier molecular flexibility index (Phi) is 3.14. The van der Waals surface area contributed by atoms with Crippen LogP contribution in [-0.2, 0) is 7.05 Å². The maximum absolute atomic E-state index is 2.43. The first-order chi connectivity index (χ1) is 12.6. The molecule has 0 radical (unpaired) electrons. The molecule has 0 saturated carbocycles. The molecular weight excluding hydrogens is 316 g/mol. The Morgan fingerprint density at radius 2 is 1.50 bits per heavy atom. The van der Waals surface area contributed by atoms with Gasteiger partial charge in [-0.15, -0.1) is 0 Å². The van der Waals surface area contributed by atoms with Crippen LogP contribution in [0.25, 0.3) is 38.4 Å². The largest absolute Gasteiger partial charge is 0.295 e. The molecule has 0 aliphatic carbocycles. The van der Waals surface area contributed by atoms with Gasteiger partial charge in [-0.25, -0.2) is 4.57 Å². The van der Waals surface area contributed by atoms with Gasteiger partial charge in [-0.1, -0.05) is 56.3 Å². The highest BCUT2D eigenvalue weighted by Crippen LogP contribution is 2.37. The lowest BCUT2D eigenvalue weighted by molar-refractivity contribution is -0.617. The summed E-state index contributed by atoms with van der Waals surface area (Å²) < 4.78 is 4.78. The molecule has 2 heterocycles. The molecule has 5 aromatic rings. The maximum atomic E-state index is 2.43. The van der Waals surface area contributed by atoms with Gasteiger partial charge in [0, 0.05) is 10.8 Å². The van der Waals surface area contributed by atoms with Gasteiger partial charge in [-0.2, -0.15) is 4.40 Å². The van der Waals surface area contributed by atoms with Crippen LogP contribution in [0.1, 0.15) is 30.9 Å². The second-order valence-electron chi connectivity index (χ2n) is 7.60. The van der Waals surface area contributed by atoms with Crippen LogP contribution in [-0.4, -0.2) is 4.40 Å². The minimum Gasteiger partial charge on any atom is -0.225 e. The molecule has 0 spiro atoms. The lowest BCUT2D eigenvalue weighted by atomic mass is 9.91. The Balaban J connectivity index is 2.25. The van der Waals surface area contributed by atoms with Crippen molar-refractivity contribution in [2.24, 2.45) is 7.05 Å². The first kappa shape index (κ1) is 15.4. The van der Waals surface area contributed by atoms with E-state index in [4.69, 9.17) is 0 Å². The Labute approximate surface area is 153 Å². The number of hydrogen-bond acceptors (Lipinski definition) is 0. The molecule has 2 nitrogen and oxygen atoms in total. The van der Waals surface area contributed by atoms with Crippen molar-refractivity contribution in [2.75, 3.05) is 0 Å². The van der Waals surface area contributed by atoms with Crippen LogP contribution < -0.4 is 4.57 Å². The summed E-state index contributed by atoms with van der Waals surface area (Å²) in [5.74, 6) is 0.485. The SMILES string of the molecule is Cc1ccc(C(C)C)c2c3ccccc3n3c4ccccc4[n+](C)c3c12. The Morgan fingerprint density at radius 1 is 0.808 bits per heavy atom. The zero-order valence-corrected chi connectivity index (χ0v) is 15.7. The molecule has 2 aromatic heterocycles. The van der Waals surface area contributed by atoms with E-state index in [0.717, 1.165) is 0 Å². The molecule has 0 unspecified atom stereocenters. The van der Waals surface area contributed by atoms with Gasteiger partial charge in [0.2, 0.25) is 0 Å². The molecule has 0 saturated heterocycles. The normalized spacial score (nSPS) is 12.2. The average Bonchev–Trinajstić information content (AvgIpc) is 2.95. The number of imidazole rings is 1. The summed E-state index contributed by atoms with van der Waals surface area (Å²) in [5.41, 5.74) is 7.84. The van der Waals surface area contributed by atoms with Crippen molar-refractivity contribution in [3.8, 4) is 0 Å². The summed E-state index contributed by atoms with van der Waals surface area (Å²) in [4.78, 5) is 0. The number of hydrogen-bond donors (Lipinski definition) is 0. The highest BCUT2D eigenvalue weighted by atomic mass is 15.1. The van der Waals surface area contributed by atoms with Gasteiger partial charge in [-0.3, -0.25) is 0 Å². The predicted octanol–water partition coefficient (Wildman–Crippen LogP) is 5.66. The minimum atomic E-state index is 0.485. The Hall–Kier alpha value is -2.87. The van der Waals surface area contributed by atoms with Gasteiger partial charge < -0.3 is 0 Å². The van der Waals surface area contributed by atoms with Crippen molar-refractivity contribution in [2.45, 2.75) is 26.7 Å².